The number of hydrogen-bond acceptors (Lipinski definition) is 6. The number of aromatic nitrogens is 1. The summed E-state index contributed by atoms with van der Waals surface area (Å²) in [5, 5.41) is 12.6. The van der Waals surface area contributed by atoms with E-state index in [0.29, 0.717) is 0 Å². The van der Waals surface area contributed by atoms with Gasteiger partial charge in [-0.1, -0.05) is 35.1 Å². The molecule has 2 heterocycles. The average molecular weight is 389 g/mol. The zero-order valence-electron chi connectivity index (χ0n) is 14.0. The van der Waals surface area contributed by atoms with E-state index in [1.54, 1.807) is 12.1 Å². The molecular formula is C18H17ClN4O2S. The number of anilines is 1. The van der Waals surface area contributed by atoms with Crippen LogP contribution in [0.5, 0.6) is 0 Å². The van der Waals surface area contributed by atoms with Gasteiger partial charge in [0.1, 0.15) is 0 Å². The zero-order valence-corrected chi connectivity index (χ0v) is 15.5. The monoisotopic (exact) mass is 388 g/mol. The van der Waals surface area contributed by atoms with Crippen LogP contribution >= 0.6 is 22.9 Å². The van der Waals surface area contributed by atoms with Gasteiger partial charge in [-0.25, -0.2) is 4.98 Å². The highest BCUT2D eigenvalue weighted by Gasteiger charge is 2.20. The molecule has 1 aliphatic rings. The van der Waals surface area contributed by atoms with E-state index < -0.39 is 0 Å². The van der Waals surface area contributed by atoms with Crippen molar-refractivity contribution in [1.82, 2.24) is 9.88 Å². The molecule has 0 unspecified atom stereocenters. The van der Waals surface area contributed by atoms with E-state index >= 15 is 0 Å². The SMILES string of the molecule is O=[N+]([O-])c1ccc2nc(N3CCN(Cc4ccc(Cl)cc4)CC3)sc2c1. The number of nitro groups is 1. The maximum atomic E-state index is 10.9. The van der Waals surface area contributed by atoms with Gasteiger partial charge in [-0.3, -0.25) is 15.0 Å². The number of rotatable bonds is 4. The van der Waals surface area contributed by atoms with E-state index in [2.05, 4.69) is 26.9 Å². The second-order valence-corrected chi connectivity index (χ2v) is 7.74. The van der Waals surface area contributed by atoms with E-state index in [1.807, 2.05) is 12.1 Å². The van der Waals surface area contributed by atoms with Gasteiger partial charge in [0.15, 0.2) is 5.13 Å². The fourth-order valence-electron chi connectivity index (χ4n) is 3.10. The summed E-state index contributed by atoms with van der Waals surface area (Å²) in [5.74, 6) is 0. The number of fused-ring (bicyclic) bond motifs is 1. The standard InChI is InChI=1S/C18H17ClN4O2S/c19-14-3-1-13(2-4-14)12-21-7-9-22(10-8-21)18-20-16-6-5-15(23(24)25)11-17(16)26-18/h1-6,11H,7-10,12H2. The number of piperazine rings is 1. The van der Waals surface area contributed by atoms with Gasteiger partial charge >= 0.3 is 0 Å². The van der Waals surface area contributed by atoms with Crippen LogP contribution in [0.25, 0.3) is 10.2 Å². The zero-order chi connectivity index (χ0) is 18.1. The van der Waals surface area contributed by atoms with E-state index in [1.165, 1.54) is 23.0 Å². The van der Waals surface area contributed by atoms with Gasteiger partial charge in [0.2, 0.25) is 0 Å². The van der Waals surface area contributed by atoms with Crippen LogP contribution in [0.1, 0.15) is 5.56 Å². The van der Waals surface area contributed by atoms with E-state index in [4.69, 9.17) is 11.6 Å². The van der Waals surface area contributed by atoms with Crippen LogP contribution in [0.2, 0.25) is 5.02 Å². The van der Waals surface area contributed by atoms with Crippen LogP contribution in [0, 0.1) is 10.1 Å². The summed E-state index contributed by atoms with van der Waals surface area (Å²) in [6.07, 6.45) is 0. The first kappa shape index (κ1) is 17.2. The Labute approximate surface area is 159 Å². The molecule has 134 valence electrons. The Morgan fingerprint density at radius 1 is 1.12 bits per heavy atom. The summed E-state index contributed by atoms with van der Waals surface area (Å²) in [6, 6.07) is 12.8. The molecule has 3 aromatic rings. The highest BCUT2D eigenvalue weighted by molar-refractivity contribution is 7.22. The molecular weight excluding hydrogens is 372 g/mol. The van der Waals surface area contributed by atoms with Gasteiger partial charge in [0, 0.05) is 49.9 Å². The lowest BCUT2D eigenvalue weighted by Gasteiger charge is -2.34. The number of non-ortho nitro benzene ring substituents is 1. The summed E-state index contributed by atoms with van der Waals surface area (Å²) in [7, 11) is 0. The Hall–Kier alpha value is -2.22. The molecule has 0 N–H and O–H groups in total. The van der Waals surface area contributed by atoms with Crippen LogP contribution in [0.3, 0.4) is 0 Å². The van der Waals surface area contributed by atoms with E-state index in [9.17, 15) is 10.1 Å². The summed E-state index contributed by atoms with van der Waals surface area (Å²) in [4.78, 5) is 19.9. The van der Waals surface area contributed by atoms with Gasteiger partial charge in [0.05, 0.1) is 15.1 Å². The molecule has 4 rings (SSSR count). The smallest absolute Gasteiger partial charge is 0.270 e. The number of thiazole rings is 1. The largest absolute Gasteiger partial charge is 0.345 e. The Morgan fingerprint density at radius 2 is 1.85 bits per heavy atom. The molecule has 0 atom stereocenters. The second kappa shape index (κ2) is 7.19. The average Bonchev–Trinajstić information content (AvgIpc) is 3.07. The Bertz CT molecular complexity index is 936. The Balaban J connectivity index is 1.42. The molecule has 1 fully saturated rings. The molecule has 1 saturated heterocycles. The maximum absolute atomic E-state index is 10.9. The van der Waals surface area contributed by atoms with Crippen LogP contribution in [-0.2, 0) is 6.54 Å². The van der Waals surface area contributed by atoms with Crippen molar-refractivity contribution in [2.45, 2.75) is 6.54 Å². The van der Waals surface area contributed by atoms with Crippen molar-refractivity contribution in [1.29, 1.82) is 0 Å². The Morgan fingerprint density at radius 3 is 2.54 bits per heavy atom. The summed E-state index contributed by atoms with van der Waals surface area (Å²) >= 11 is 7.46. The molecule has 0 amide bonds. The molecule has 2 aromatic carbocycles. The fraction of sp³-hybridized carbons (Fsp3) is 0.278. The van der Waals surface area contributed by atoms with Crippen LogP contribution < -0.4 is 4.90 Å². The van der Waals surface area contributed by atoms with Gasteiger partial charge in [-0.15, -0.1) is 0 Å². The lowest BCUT2D eigenvalue weighted by Crippen LogP contribution is -2.45. The molecule has 0 spiro atoms. The Kier molecular flexibility index (Phi) is 4.76. The third-order valence-electron chi connectivity index (χ3n) is 4.53. The first-order valence-electron chi connectivity index (χ1n) is 8.35. The summed E-state index contributed by atoms with van der Waals surface area (Å²) in [6.45, 7) is 4.62. The number of halogens is 1. The van der Waals surface area contributed by atoms with Crippen LogP contribution in [0.4, 0.5) is 10.8 Å². The predicted molar refractivity (Wildman–Crippen MR) is 105 cm³/mol. The molecule has 26 heavy (non-hydrogen) atoms. The minimum atomic E-state index is -0.367. The highest BCUT2D eigenvalue weighted by atomic mass is 35.5. The van der Waals surface area contributed by atoms with Crippen molar-refractivity contribution in [2.24, 2.45) is 0 Å². The third kappa shape index (κ3) is 3.65. The molecule has 0 saturated carbocycles. The van der Waals surface area contributed by atoms with E-state index in [-0.39, 0.29) is 10.6 Å². The van der Waals surface area contributed by atoms with Crippen molar-refractivity contribution in [3.8, 4) is 0 Å². The fourth-order valence-corrected chi connectivity index (χ4v) is 4.27. The van der Waals surface area contributed by atoms with Crippen molar-refractivity contribution in [3.05, 3.63) is 63.2 Å². The first-order valence-corrected chi connectivity index (χ1v) is 9.55. The summed E-state index contributed by atoms with van der Waals surface area (Å²) < 4.78 is 0.859. The van der Waals surface area contributed by atoms with Gasteiger partial charge in [-0.2, -0.15) is 0 Å². The van der Waals surface area contributed by atoms with Crippen molar-refractivity contribution in [2.75, 3.05) is 31.1 Å². The third-order valence-corrected chi connectivity index (χ3v) is 5.86. The highest BCUT2D eigenvalue weighted by Crippen LogP contribution is 2.31. The number of nitrogens with zero attached hydrogens (tertiary/aromatic N) is 4. The molecule has 0 radical (unpaired) electrons. The lowest BCUT2D eigenvalue weighted by atomic mass is 10.2. The van der Waals surface area contributed by atoms with E-state index in [0.717, 1.165) is 53.1 Å². The van der Waals surface area contributed by atoms with Crippen molar-refractivity contribution >= 4 is 44.0 Å². The molecule has 8 heteroatoms. The maximum Gasteiger partial charge on any atom is 0.270 e. The van der Waals surface area contributed by atoms with Crippen LogP contribution in [-0.4, -0.2) is 41.0 Å². The lowest BCUT2D eigenvalue weighted by molar-refractivity contribution is -0.384. The molecule has 1 aliphatic heterocycles. The quantitative estimate of drug-likeness (QED) is 0.495. The molecule has 1 aromatic heterocycles. The molecule has 0 bridgehead atoms. The van der Waals surface area contributed by atoms with Gasteiger partial charge in [-0.05, 0) is 23.8 Å². The molecule has 0 aliphatic carbocycles. The topological polar surface area (TPSA) is 62.5 Å². The summed E-state index contributed by atoms with van der Waals surface area (Å²) in [5.41, 5.74) is 2.19. The predicted octanol–water partition coefficient (Wildman–Crippen LogP) is 4.18. The first-order chi connectivity index (χ1) is 12.6. The minimum Gasteiger partial charge on any atom is -0.345 e. The minimum absolute atomic E-state index is 0.112. The number of nitro benzene ring substituents is 1. The van der Waals surface area contributed by atoms with Crippen molar-refractivity contribution < 1.29 is 4.92 Å². The number of hydrogen-bond donors (Lipinski definition) is 0. The van der Waals surface area contributed by atoms with Crippen molar-refractivity contribution in [3.63, 3.8) is 0 Å². The molecule has 6 nitrogen and oxygen atoms in total. The van der Waals surface area contributed by atoms with Gasteiger partial charge < -0.3 is 4.90 Å². The normalized spacial score (nSPS) is 15.5. The van der Waals surface area contributed by atoms with Gasteiger partial charge in [0.25, 0.3) is 5.69 Å². The second-order valence-electron chi connectivity index (χ2n) is 6.30. The number of benzene rings is 2. The van der Waals surface area contributed by atoms with Crippen LogP contribution in [0.15, 0.2) is 42.5 Å².